The molecule has 2 heterocycles. The number of benzene rings is 2. The highest BCUT2D eigenvalue weighted by molar-refractivity contribution is 5.94. The monoisotopic (exact) mass is 407 g/mol. The van der Waals surface area contributed by atoms with Crippen molar-refractivity contribution in [1.82, 2.24) is 10.2 Å². The summed E-state index contributed by atoms with van der Waals surface area (Å²) in [6.07, 6.45) is 1.74. The van der Waals surface area contributed by atoms with Gasteiger partial charge in [-0.05, 0) is 73.3 Å². The molecule has 3 N–H and O–H groups in total. The number of carboxylic acid groups (broad SMARTS) is 1. The molecule has 2 unspecified atom stereocenters. The first-order chi connectivity index (χ1) is 14.2. The van der Waals surface area contributed by atoms with Crippen LogP contribution in [0.1, 0.15) is 58.2 Å². The minimum absolute atomic E-state index is 0.0195. The third-order valence-electron chi connectivity index (χ3n) is 6.29. The van der Waals surface area contributed by atoms with Gasteiger partial charge in [-0.1, -0.05) is 26.0 Å². The fourth-order valence-corrected chi connectivity index (χ4v) is 4.67. The first-order valence-corrected chi connectivity index (χ1v) is 10.4. The Balaban J connectivity index is 1.57. The molecule has 0 spiro atoms. The number of anilines is 1. The van der Waals surface area contributed by atoms with Crippen LogP contribution in [-0.4, -0.2) is 48.1 Å². The second kappa shape index (κ2) is 7.76. The van der Waals surface area contributed by atoms with Gasteiger partial charge in [0.2, 0.25) is 0 Å². The molecule has 1 amide bonds. The zero-order chi connectivity index (χ0) is 21.5. The zero-order valence-electron chi connectivity index (χ0n) is 17.7. The van der Waals surface area contributed by atoms with E-state index in [1.54, 1.807) is 12.1 Å². The average Bonchev–Trinajstić information content (AvgIpc) is 3.10. The SMILES string of the molecule is CN1CCC(NC(=O)c2cccc(C3Nc4ccc(C(=O)O)cc4CC3(C)C)c2)C1. The topological polar surface area (TPSA) is 81.7 Å². The Morgan fingerprint density at radius 1 is 1.17 bits per heavy atom. The highest BCUT2D eigenvalue weighted by Crippen LogP contribution is 2.45. The summed E-state index contributed by atoms with van der Waals surface area (Å²) < 4.78 is 0. The molecule has 2 aromatic rings. The van der Waals surface area contributed by atoms with Crippen molar-refractivity contribution in [2.75, 3.05) is 25.5 Å². The van der Waals surface area contributed by atoms with Gasteiger partial charge in [-0.15, -0.1) is 0 Å². The first kappa shape index (κ1) is 20.4. The van der Waals surface area contributed by atoms with Crippen LogP contribution < -0.4 is 10.6 Å². The number of aromatic carboxylic acids is 1. The molecule has 6 heteroatoms. The molecule has 1 fully saturated rings. The molecule has 1 saturated heterocycles. The van der Waals surface area contributed by atoms with Crippen molar-refractivity contribution in [3.63, 3.8) is 0 Å². The molecule has 0 aliphatic carbocycles. The molecule has 2 atom stereocenters. The van der Waals surface area contributed by atoms with Crippen LogP contribution in [0, 0.1) is 5.41 Å². The van der Waals surface area contributed by atoms with Crippen LogP contribution in [0.25, 0.3) is 0 Å². The lowest BCUT2D eigenvalue weighted by atomic mass is 9.72. The summed E-state index contributed by atoms with van der Waals surface area (Å²) in [5, 5.41) is 16.0. The van der Waals surface area contributed by atoms with Gasteiger partial charge in [0.05, 0.1) is 11.6 Å². The number of likely N-dealkylation sites (tertiary alicyclic amines) is 1. The van der Waals surface area contributed by atoms with Crippen molar-refractivity contribution >= 4 is 17.6 Å². The van der Waals surface area contributed by atoms with E-state index in [0.29, 0.717) is 11.1 Å². The molecular formula is C24H29N3O3. The molecule has 0 saturated carbocycles. The van der Waals surface area contributed by atoms with E-state index in [1.165, 1.54) is 0 Å². The van der Waals surface area contributed by atoms with Crippen molar-refractivity contribution in [3.8, 4) is 0 Å². The standard InChI is InChI=1S/C24H29N3O3/c1-24(2)13-18-12-17(23(29)30)7-8-20(18)26-21(24)15-5-4-6-16(11-15)22(28)25-19-9-10-27(3)14-19/h4-8,11-12,19,21,26H,9-10,13-14H2,1-3H3,(H,25,28)(H,29,30). The maximum atomic E-state index is 12.8. The molecule has 30 heavy (non-hydrogen) atoms. The van der Waals surface area contributed by atoms with E-state index in [9.17, 15) is 14.7 Å². The number of rotatable bonds is 4. The third-order valence-corrected chi connectivity index (χ3v) is 6.29. The van der Waals surface area contributed by atoms with Crippen LogP contribution in [0.2, 0.25) is 0 Å². The number of amides is 1. The van der Waals surface area contributed by atoms with Gasteiger partial charge in [-0.2, -0.15) is 0 Å². The van der Waals surface area contributed by atoms with Gasteiger partial charge < -0.3 is 20.6 Å². The molecule has 0 bridgehead atoms. The number of nitrogens with zero attached hydrogens (tertiary/aromatic N) is 1. The van der Waals surface area contributed by atoms with Gasteiger partial charge >= 0.3 is 5.97 Å². The largest absolute Gasteiger partial charge is 0.478 e. The van der Waals surface area contributed by atoms with Gasteiger partial charge in [0, 0.05) is 23.8 Å². The van der Waals surface area contributed by atoms with Gasteiger partial charge in [0.1, 0.15) is 0 Å². The molecule has 4 rings (SSSR count). The highest BCUT2D eigenvalue weighted by atomic mass is 16.4. The summed E-state index contributed by atoms with van der Waals surface area (Å²) in [6, 6.07) is 13.3. The van der Waals surface area contributed by atoms with Crippen molar-refractivity contribution < 1.29 is 14.7 Å². The maximum Gasteiger partial charge on any atom is 0.335 e. The summed E-state index contributed by atoms with van der Waals surface area (Å²) in [5.41, 5.74) is 3.85. The summed E-state index contributed by atoms with van der Waals surface area (Å²) >= 11 is 0. The van der Waals surface area contributed by atoms with E-state index in [1.807, 2.05) is 24.3 Å². The number of fused-ring (bicyclic) bond motifs is 1. The summed E-state index contributed by atoms with van der Waals surface area (Å²) in [7, 11) is 2.07. The number of hydrogen-bond donors (Lipinski definition) is 3. The van der Waals surface area contributed by atoms with Crippen molar-refractivity contribution in [1.29, 1.82) is 0 Å². The van der Waals surface area contributed by atoms with Crippen molar-refractivity contribution in [2.24, 2.45) is 5.41 Å². The predicted octanol–water partition coefficient (Wildman–Crippen LogP) is 3.55. The highest BCUT2D eigenvalue weighted by Gasteiger charge is 2.36. The second-order valence-corrected chi connectivity index (χ2v) is 9.27. The molecule has 2 aromatic carbocycles. The van der Waals surface area contributed by atoms with Crippen LogP contribution in [0.15, 0.2) is 42.5 Å². The Kier molecular flexibility index (Phi) is 5.28. The molecule has 2 aliphatic rings. The second-order valence-electron chi connectivity index (χ2n) is 9.27. The predicted molar refractivity (Wildman–Crippen MR) is 117 cm³/mol. The lowest BCUT2D eigenvalue weighted by Gasteiger charge is -2.41. The van der Waals surface area contributed by atoms with E-state index < -0.39 is 5.97 Å². The van der Waals surface area contributed by atoms with Gasteiger partial charge in [0.25, 0.3) is 5.91 Å². The number of carbonyl (C=O) groups is 2. The molecular weight excluding hydrogens is 378 g/mol. The Morgan fingerprint density at radius 3 is 2.67 bits per heavy atom. The Bertz CT molecular complexity index is 985. The first-order valence-electron chi connectivity index (χ1n) is 10.4. The number of hydrogen-bond acceptors (Lipinski definition) is 4. The Morgan fingerprint density at radius 2 is 1.97 bits per heavy atom. The molecule has 158 valence electrons. The summed E-state index contributed by atoms with van der Waals surface area (Å²) in [5.74, 6) is -0.942. The van der Waals surface area contributed by atoms with Crippen LogP contribution in [-0.2, 0) is 6.42 Å². The van der Waals surface area contributed by atoms with Crippen molar-refractivity contribution in [3.05, 3.63) is 64.7 Å². The molecule has 0 radical (unpaired) electrons. The average molecular weight is 408 g/mol. The van der Waals surface area contributed by atoms with Gasteiger partial charge in [0.15, 0.2) is 0 Å². The molecule has 0 aromatic heterocycles. The minimum atomic E-state index is -0.912. The quantitative estimate of drug-likeness (QED) is 0.722. The molecule has 6 nitrogen and oxygen atoms in total. The number of carboxylic acids is 1. The number of carbonyl (C=O) groups excluding carboxylic acids is 1. The maximum absolute atomic E-state index is 12.8. The smallest absolute Gasteiger partial charge is 0.335 e. The van der Waals surface area contributed by atoms with Gasteiger partial charge in [-0.25, -0.2) is 4.79 Å². The van der Waals surface area contributed by atoms with Gasteiger partial charge in [-0.3, -0.25) is 4.79 Å². The minimum Gasteiger partial charge on any atom is -0.478 e. The summed E-state index contributed by atoms with van der Waals surface area (Å²) in [6.45, 7) is 6.23. The van der Waals surface area contributed by atoms with E-state index in [4.69, 9.17) is 0 Å². The van der Waals surface area contributed by atoms with E-state index in [2.05, 4.69) is 42.5 Å². The van der Waals surface area contributed by atoms with E-state index in [0.717, 1.165) is 42.7 Å². The van der Waals surface area contributed by atoms with Crippen LogP contribution in [0.5, 0.6) is 0 Å². The lowest BCUT2D eigenvalue weighted by molar-refractivity contribution is 0.0696. The lowest BCUT2D eigenvalue weighted by Crippen LogP contribution is -2.37. The van der Waals surface area contributed by atoms with Crippen LogP contribution in [0.3, 0.4) is 0 Å². The number of likely N-dealkylation sites (N-methyl/N-ethyl adjacent to an activating group) is 1. The van der Waals surface area contributed by atoms with Crippen LogP contribution >= 0.6 is 0 Å². The Labute approximate surface area is 177 Å². The fraction of sp³-hybridized carbons (Fsp3) is 0.417. The van der Waals surface area contributed by atoms with E-state index >= 15 is 0 Å². The fourth-order valence-electron chi connectivity index (χ4n) is 4.67. The van der Waals surface area contributed by atoms with E-state index in [-0.39, 0.29) is 23.4 Å². The normalized spacial score (nSPS) is 22.8. The molecule has 2 aliphatic heterocycles. The number of nitrogens with one attached hydrogen (secondary N) is 2. The zero-order valence-corrected chi connectivity index (χ0v) is 17.7. The van der Waals surface area contributed by atoms with Crippen molar-refractivity contribution in [2.45, 2.75) is 38.8 Å². The third kappa shape index (κ3) is 4.05. The Hall–Kier alpha value is -2.86. The summed E-state index contributed by atoms with van der Waals surface area (Å²) in [4.78, 5) is 26.3. The van der Waals surface area contributed by atoms with Crippen LogP contribution in [0.4, 0.5) is 5.69 Å².